The number of piperidine rings is 1. The smallest absolute Gasteiger partial charge is 0.0642 e. The third kappa shape index (κ3) is 3.24. The van der Waals surface area contributed by atoms with Crippen LogP contribution in [0.25, 0.3) is 0 Å². The van der Waals surface area contributed by atoms with Gasteiger partial charge in [0.2, 0.25) is 0 Å². The molecule has 106 valence electrons. The van der Waals surface area contributed by atoms with Gasteiger partial charge in [-0.2, -0.15) is 0 Å². The van der Waals surface area contributed by atoms with E-state index in [1.165, 1.54) is 12.8 Å². The lowest BCUT2D eigenvalue weighted by molar-refractivity contribution is 0.199. The summed E-state index contributed by atoms with van der Waals surface area (Å²) in [6.45, 7) is 9.74. The van der Waals surface area contributed by atoms with Crippen LogP contribution in [-0.2, 0) is 6.54 Å². The van der Waals surface area contributed by atoms with Gasteiger partial charge in [0.1, 0.15) is 0 Å². The zero-order chi connectivity index (χ0) is 14.0. The number of nitrogens with two attached hydrogens (primary N) is 1. The van der Waals surface area contributed by atoms with Crippen LogP contribution in [0.1, 0.15) is 39.2 Å². The average molecular weight is 281 g/mol. The van der Waals surface area contributed by atoms with Crippen molar-refractivity contribution in [3.05, 3.63) is 28.8 Å². The monoisotopic (exact) mass is 280 g/mol. The minimum Gasteiger partial charge on any atom is -0.370 e. The summed E-state index contributed by atoms with van der Waals surface area (Å²) in [7, 11) is 0. The molecule has 0 aliphatic carbocycles. The molecule has 1 aliphatic heterocycles. The lowest BCUT2D eigenvalue weighted by Gasteiger charge is -2.40. The van der Waals surface area contributed by atoms with Gasteiger partial charge in [0.25, 0.3) is 0 Å². The highest BCUT2D eigenvalue weighted by atomic mass is 35.5. The Hall–Kier alpha value is -0.730. The SMILES string of the molecule is CC(C)(C)C1CCN(c2c(Cl)cccc2CN)CC1. The molecule has 0 spiro atoms. The molecule has 0 amide bonds. The Kier molecular flexibility index (Phi) is 4.42. The van der Waals surface area contributed by atoms with Gasteiger partial charge in [-0.3, -0.25) is 0 Å². The summed E-state index contributed by atoms with van der Waals surface area (Å²) in [5, 5.41) is 0.831. The van der Waals surface area contributed by atoms with Crippen LogP contribution < -0.4 is 10.6 Å². The Morgan fingerprint density at radius 2 is 1.89 bits per heavy atom. The second kappa shape index (κ2) is 5.72. The zero-order valence-electron chi connectivity index (χ0n) is 12.2. The molecular weight excluding hydrogens is 256 g/mol. The summed E-state index contributed by atoms with van der Waals surface area (Å²) in [4.78, 5) is 2.41. The van der Waals surface area contributed by atoms with Gasteiger partial charge >= 0.3 is 0 Å². The minimum absolute atomic E-state index is 0.406. The van der Waals surface area contributed by atoms with Crippen LogP contribution in [-0.4, -0.2) is 13.1 Å². The molecule has 2 rings (SSSR count). The van der Waals surface area contributed by atoms with Crippen LogP contribution in [0.4, 0.5) is 5.69 Å². The van der Waals surface area contributed by atoms with E-state index >= 15 is 0 Å². The lowest BCUT2D eigenvalue weighted by Crippen LogP contribution is -2.38. The summed E-state index contributed by atoms with van der Waals surface area (Å²) in [6, 6.07) is 6.03. The molecule has 19 heavy (non-hydrogen) atoms. The molecule has 0 bridgehead atoms. The van der Waals surface area contributed by atoms with E-state index in [0.717, 1.165) is 35.3 Å². The molecule has 1 heterocycles. The van der Waals surface area contributed by atoms with Crippen molar-refractivity contribution in [3.63, 3.8) is 0 Å². The summed E-state index contributed by atoms with van der Waals surface area (Å²) in [5.41, 5.74) is 8.55. The van der Waals surface area contributed by atoms with Crippen LogP contribution in [0.5, 0.6) is 0 Å². The van der Waals surface area contributed by atoms with E-state index in [4.69, 9.17) is 17.3 Å². The van der Waals surface area contributed by atoms with Crippen molar-refractivity contribution in [2.45, 2.75) is 40.2 Å². The first kappa shape index (κ1) is 14.7. The molecule has 0 radical (unpaired) electrons. The van der Waals surface area contributed by atoms with E-state index in [9.17, 15) is 0 Å². The largest absolute Gasteiger partial charge is 0.370 e. The molecule has 1 aromatic rings. The van der Waals surface area contributed by atoms with Crippen molar-refractivity contribution in [1.29, 1.82) is 0 Å². The van der Waals surface area contributed by atoms with Gasteiger partial charge < -0.3 is 10.6 Å². The molecule has 1 saturated heterocycles. The van der Waals surface area contributed by atoms with Gasteiger partial charge in [-0.05, 0) is 35.8 Å². The number of hydrogen-bond acceptors (Lipinski definition) is 2. The van der Waals surface area contributed by atoms with Crippen molar-refractivity contribution in [2.24, 2.45) is 17.1 Å². The standard InChI is InChI=1S/C16H25ClN2/c1-16(2,3)13-7-9-19(10-8-13)15-12(11-18)5-4-6-14(15)17/h4-6,13H,7-11,18H2,1-3H3. The Morgan fingerprint density at radius 3 is 2.42 bits per heavy atom. The van der Waals surface area contributed by atoms with Crippen molar-refractivity contribution in [3.8, 4) is 0 Å². The first-order chi connectivity index (χ1) is 8.93. The molecule has 3 heteroatoms. The molecular formula is C16H25ClN2. The Morgan fingerprint density at radius 1 is 1.26 bits per heavy atom. The predicted octanol–water partition coefficient (Wildman–Crippen LogP) is 4.06. The molecule has 0 aromatic heterocycles. The van der Waals surface area contributed by atoms with Crippen molar-refractivity contribution in [2.75, 3.05) is 18.0 Å². The van der Waals surface area contributed by atoms with Gasteiger partial charge in [0.15, 0.2) is 0 Å². The fraction of sp³-hybridized carbons (Fsp3) is 0.625. The highest BCUT2D eigenvalue weighted by Crippen LogP contribution is 2.38. The Bertz CT molecular complexity index is 429. The van der Waals surface area contributed by atoms with Crippen LogP contribution >= 0.6 is 11.6 Å². The normalized spacial score (nSPS) is 17.8. The number of hydrogen-bond donors (Lipinski definition) is 1. The van der Waals surface area contributed by atoms with Crippen LogP contribution in [0, 0.1) is 11.3 Å². The summed E-state index contributed by atoms with van der Waals surface area (Å²) in [6.07, 6.45) is 2.47. The van der Waals surface area contributed by atoms with Gasteiger partial charge in [-0.15, -0.1) is 0 Å². The number of nitrogens with zero attached hydrogens (tertiary/aromatic N) is 1. The van der Waals surface area contributed by atoms with Crippen molar-refractivity contribution < 1.29 is 0 Å². The lowest BCUT2D eigenvalue weighted by atomic mass is 9.75. The first-order valence-electron chi connectivity index (χ1n) is 7.16. The maximum Gasteiger partial charge on any atom is 0.0642 e. The molecule has 2 nitrogen and oxygen atoms in total. The maximum absolute atomic E-state index is 6.37. The van der Waals surface area contributed by atoms with Crippen LogP contribution in [0.3, 0.4) is 0 Å². The fourth-order valence-electron chi connectivity index (χ4n) is 3.05. The highest BCUT2D eigenvalue weighted by Gasteiger charge is 2.29. The third-order valence-electron chi connectivity index (χ3n) is 4.33. The first-order valence-corrected chi connectivity index (χ1v) is 7.53. The number of rotatable bonds is 2. The molecule has 0 atom stereocenters. The molecule has 1 aliphatic rings. The Balaban J connectivity index is 2.14. The Labute approximate surface area is 121 Å². The van der Waals surface area contributed by atoms with E-state index in [-0.39, 0.29) is 0 Å². The van der Waals surface area contributed by atoms with Crippen LogP contribution in [0.2, 0.25) is 5.02 Å². The number of para-hydroxylation sites is 1. The second-order valence-electron chi connectivity index (χ2n) is 6.58. The zero-order valence-corrected chi connectivity index (χ0v) is 13.0. The van der Waals surface area contributed by atoms with E-state index in [1.54, 1.807) is 0 Å². The van der Waals surface area contributed by atoms with Gasteiger partial charge in [-0.25, -0.2) is 0 Å². The van der Waals surface area contributed by atoms with Gasteiger partial charge in [0.05, 0.1) is 10.7 Å². The molecule has 0 unspecified atom stereocenters. The van der Waals surface area contributed by atoms with Crippen molar-refractivity contribution >= 4 is 17.3 Å². The maximum atomic E-state index is 6.37. The molecule has 1 aromatic carbocycles. The summed E-state index contributed by atoms with van der Waals surface area (Å²) >= 11 is 6.37. The highest BCUT2D eigenvalue weighted by molar-refractivity contribution is 6.33. The van der Waals surface area contributed by atoms with Crippen molar-refractivity contribution in [1.82, 2.24) is 0 Å². The average Bonchev–Trinajstić information content (AvgIpc) is 2.37. The molecule has 1 fully saturated rings. The van der Waals surface area contributed by atoms with Gasteiger partial charge in [-0.1, -0.05) is 44.5 Å². The van der Waals surface area contributed by atoms with E-state index in [0.29, 0.717) is 12.0 Å². The summed E-state index contributed by atoms with van der Waals surface area (Å²) < 4.78 is 0. The van der Waals surface area contributed by atoms with Gasteiger partial charge in [0, 0.05) is 19.6 Å². The number of halogens is 1. The number of benzene rings is 1. The van der Waals surface area contributed by atoms with E-state index in [1.807, 2.05) is 12.1 Å². The molecule has 2 N–H and O–H groups in total. The topological polar surface area (TPSA) is 29.3 Å². The third-order valence-corrected chi connectivity index (χ3v) is 4.63. The van der Waals surface area contributed by atoms with Crippen LogP contribution in [0.15, 0.2) is 18.2 Å². The fourth-order valence-corrected chi connectivity index (χ4v) is 3.36. The van der Waals surface area contributed by atoms with E-state index in [2.05, 4.69) is 31.7 Å². The minimum atomic E-state index is 0.406. The quantitative estimate of drug-likeness (QED) is 0.885. The summed E-state index contributed by atoms with van der Waals surface area (Å²) in [5.74, 6) is 0.799. The second-order valence-corrected chi connectivity index (χ2v) is 6.99. The van der Waals surface area contributed by atoms with E-state index < -0.39 is 0 Å². The predicted molar refractivity (Wildman–Crippen MR) is 83.7 cm³/mol. The number of anilines is 1. The molecule has 0 saturated carbocycles.